The van der Waals surface area contributed by atoms with E-state index < -0.39 is 21.7 Å². The third-order valence-corrected chi connectivity index (χ3v) is 6.54. The van der Waals surface area contributed by atoms with E-state index in [0.29, 0.717) is 26.2 Å². The van der Waals surface area contributed by atoms with E-state index in [1.165, 1.54) is 22.5 Å². The number of nitrogens with one attached hydrogen (secondary N) is 1. The van der Waals surface area contributed by atoms with Gasteiger partial charge in [-0.15, -0.1) is 0 Å². The van der Waals surface area contributed by atoms with E-state index in [4.69, 9.17) is 0 Å². The van der Waals surface area contributed by atoms with E-state index in [1.807, 2.05) is 18.2 Å². The molecule has 3 rings (SSSR count). The zero-order valence-corrected chi connectivity index (χ0v) is 16.2. The Bertz CT molecular complexity index is 900. The van der Waals surface area contributed by atoms with Gasteiger partial charge < -0.3 is 10.2 Å². The van der Waals surface area contributed by atoms with Gasteiger partial charge in [0.1, 0.15) is 11.6 Å². The second-order valence-electron chi connectivity index (χ2n) is 6.48. The van der Waals surface area contributed by atoms with Gasteiger partial charge in [0, 0.05) is 38.9 Å². The molecule has 2 heterocycles. The van der Waals surface area contributed by atoms with Crippen LogP contribution in [0, 0.1) is 5.82 Å². The summed E-state index contributed by atoms with van der Waals surface area (Å²) in [5.41, 5.74) is -0.0454. The molecule has 1 N–H and O–H groups in total. The standard InChI is InChI=1S/C19H23FN4O3S/c20-17-7-2-1-6-16(17)19(25)22-10-5-15-28(26,27)24-13-11-23(12-14-24)18-8-3-4-9-21-18/h1-4,6-9H,5,10-15H2,(H,22,25). The van der Waals surface area contributed by atoms with Crippen LogP contribution in [0.3, 0.4) is 0 Å². The van der Waals surface area contributed by atoms with Gasteiger partial charge in [-0.1, -0.05) is 18.2 Å². The average Bonchev–Trinajstić information content (AvgIpc) is 2.72. The van der Waals surface area contributed by atoms with Gasteiger partial charge in [0.2, 0.25) is 10.0 Å². The lowest BCUT2D eigenvalue weighted by Crippen LogP contribution is -2.49. The lowest BCUT2D eigenvalue weighted by molar-refractivity contribution is 0.0949. The van der Waals surface area contributed by atoms with Gasteiger partial charge in [-0.05, 0) is 30.7 Å². The number of pyridine rings is 1. The summed E-state index contributed by atoms with van der Waals surface area (Å²) in [7, 11) is -3.40. The van der Waals surface area contributed by atoms with E-state index in [0.717, 1.165) is 5.82 Å². The predicted molar refractivity (Wildman–Crippen MR) is 105 cm³/mol. The number of amides is 1. The summed E-state index contributed by atoms with van der Waals surface area (Å²) in [6.45, 7) is 2.14. The van der Waals surface area contributed by atoms with Crippen LogP contribution in [0.4, 0.5) is 10.2 Å². The number of sulfonamides is 1. The second kappa shape index (κ2) is 9.11. The lowest BCUT2D eigenvalue weighted by Gasteiger charge is -2.34. The number of hydrogen-bond acceptors (Lipinski definition) is 5. The minimum atomic E-state index is -3.40. The Kier molecular flexibility index (Phi) is 6.58. The summed E-state index contributed by atoms with van der Waals surface area (Å²) in [5, 5.41) is 2.57. The van der Waals surface area contributed by atoms with Gasteiger partial charge in [-0.25, -0.2) is 17.8 Å². The minimum absolute atomic E-state index is 0.0454. The summed E-state index contributed by atoms with van der Waals surface area (Å²) < 4.78 is 40.1. The highest BCUT2D eigenvalue weighted by Gasteiger charge is 2.27. The van der Waals surface area contributed by atoms with E-state index in [9.17, 15) is 17.6 Å². The molecule has 1 amide bonds. The summed E-state index contributed by atoms with van der Waals surface area (Å²) >= 11 is 0. The smallest absolute Gasteiger partial charge is 0.254 e. The van der Waals surface area contributed by atoms with Crippen LogP contribution in [0.2, 0.25) is 0 Å². The average molecular weight is 406 g/mol. The summed E-state index contributed by atoms with van der Waals surface area (Å²) in [4.78, 5) is 18.3. The quantitative estimate of drug-likeness (QED) is 0.705. The Balaban J connectivity index is 1.43. The fourth-order valence-corrected chi connectivity index (χ4v) is 4.55. The van der Waals surface area contributed by atoms with Gasteiger partial charge >= 0.3 is 0 Å². The summed E-state index contributed by atoms with van der Waals surface area (Å²) in [6.07, 6.45) is 1.98. The zero-order valence-electron chi connectivity index (χ0n) is 15.4. The molecule has 1 fully saturated rings. The molecular weight excluding hydrogens is 383 g/mol. The Hall–Kier alpha value is -2.52. The van der Waals surface area contributed by atoms with Crippen molar-refractivity contribution >= 4 is 21.7 Å². The highest BCUT2D eigenvalue weighted by atomic mass is 32.2. The van der Waals surface area contributed by atoms with E-state index in [2.05, 4.69) is 15.2 Å². The van der Waals surface area contributed by atoms with Gasteiger partial charge in [-0.2, -0.15) is 4.31 Å². The van der Waals surface area contributed by atoms with Crippen LogP contribution in [-0.2, 0) is 10.0 Å². The first-order chi connectivity index (χ1) is 13.5. The van der Waals surface area contributed by atoms with E-state index in [-0.39, 0.29) is 24.3 Å². The molecule has 150 valence electrons. The molecule has 0 saturated carbocycles. The first-order valence-electron chi connectivity index (χ1n) is 9.14. The van der Waals surface area contributed by atoms with E-state index >= 15 is 0 Å². The van der Waals surface area contributed by atoms with Crippen LogP contribution in [0.5, 0.6) is 0 Å². The normalized spacial score (nSPS) is 15.4. The number of nitrogens with zero attached hydrogens (tertiary/aromatic N) is 3. The number of halogens is 1. The first kappa shape index (κ1) is 20.2. The molecule has 28 heavy (non-hydrogen) atoms. The number of carbonyl (C=O) groups is 1. The third-order valence-electron chi connectivity index (χ3n) is 4.59. The van der Waals surface area contributed by atoms with Crippen LogP contribution < -0.4 is 10.2 Å². The van der Waals surface area contributed by atoms with Crippen LogP contribution in [-0.4, -0.2) is 62.1 Å². The molecule has 0 radical (unpaired) electrons. The fourth-order valence-electron chi connectivity index (χ4n) is 3.06. The number of carbonyl (C=O) groups excluding carboxylic acids is 1. The summed E-state index contributed by atoms with van der Waals surface area (Å²) in [5.74, 6) is -0.359. The maximum atomic E-state index is 13.6. The van der Waals surface area contributed by atoms with Crippen molar-refractivity contribution in [2.75, 3.05) is 43.4 Å². The molecule has 0 spiro atoms. The molecule has 7 nitrogen and oxygen atoms in total. The van der Waals surface area contributed by atoms with Crippen molar-refractivity contribution in [3.8, 4) is 0 Å². The second-order valence-corrected chi connectivity index (χ2v) is 8.57. The maximum absolute atomic E-state index is 13.6. The van der Waals surface area contributed by atoms with Crippen molar-refractivity contribution in [3.63, 3.8) is 0 Å². The van der Waals surface area contributed by atoms with Crippen LogP contribution in [0.1, 0.15) is 16.8 Å². The predicted octanol–water partition coefficient (Wildman–Crippen LogP) is 1.49. The van der Waals surface area contributed by atoms with Gasteiger partial charge in [0.05, 0.1) is 11.3 Å². The molecule has 1 aliphatic rings. The maximum Gasteiger partial charge on any atom is 0.254 e. The van der Waals surface area contributed by atoms with Crippen LogP contribution in [0.15, 0.2) is 48.7 Å². The zero-order chi connectivity index (χ0) is 20.0. The molecule has 1 aromatic carbocycles. The molecule has 1 saturated heterocycles. The van der Waals surface area contributed by atoms with Crippen molar-refractivity contribution in [2.45, 2.75) is 6.42 Å². The number of rotatable bonds is 7. The molecular formula is C19H23FN4O3S. The highest BCUT2D eigenvalue weighted by molar-refractivity contribution is 7.89. The van der Waals surface area contributed by atoms with Gasteiger partial charge in [-0.3, -0.25) is 4.79 Å². The minimum Gasteiger partial charge on any atom is -0.354 e. The van der Waals surface area contributed by atoms with Crippen LogP contribution in [0.25, 0.3) is 0 Å². The Morgan fingerprint density at radius 2 is 1.79 bits per heavy atom. The Labute approximate surface area is 164 Å². The topological polar surface area (TPSA) is 82.6 Å². The monoisotopic (exact) mass is 406 g/mol. The summed E-state index contributed by atoms with van der Waals surface area (Å²) in [6, 6.07) is 11.3. The molecule has 0 aliphatic carbocycles. The van der Waals surface area contributed by atoms with E-state index in [1.54, 1.807) is 12.3 Å². The van der Waals surface area contributed by atoms with Crippen LogP contribution >= 0.6 is 0 Å². The number of piperazine rings is 1. The Morgan fingerprint density at radius 1 is 1.07 bits per heavy atom. The van der Waals surface area contributed by atoms with Gasteiger partial charge in [0.15, 0.2) is 0 Å². The molecule has 0 bridgehead atoms. The van der Waals surface area contributed by atoms with Crippen molar-refractivity contribution in [1.82, 2.24) is 14.6 Å². The third kappa shape index (κ3) is 5.05. The molecule has 1 aromatic heterocycles. The van der Waals surface area contributed by atoms with Crippen molar-refractivity contribution in [3.05, 3.63) is 60.0 Å². The van der Waals surface area contributed by atoms with Crippen molar-refractivity contribution in [1.29, 1.82) is 0 Å². The molecule has 0 unspecified atom stereocenters. The van der Waals surface area contributed by atoms with Crippen molar-refractivity contribution in [2.24, 2.45) is 0 Å². The molecule has 9 heteroatoms. The SMILES string of the molecule is O=C(NCCCS(=O)(=O)N1CCN(c2ccccn2)CC1)c1ccccc1F. The highest BCUT2D eigenvalue weighted by Crippen LogP contribution is 2.15. The number of benzene rings is 1. The molecule has 2 aromatic rings. The number of hydrogen-bond donors (Lipinski definition) is 1. The largest absolute Gasteiger partial charge is 0.354 e. The number of aromatic nitrogens is 1. The van der Waals surface area contributed by atoms with Crippen molar-refractivity contribution < 1.29 is 17.6 Å². The molecule has 0 atom stereocenters. The first-order valence-corrected chi connectivity index (χ1v) is 10.7. The lowest BCUT2D eigenvalue weighted by atomic mass is 10.2. The Morgan fingerprint density at radius 3 is 2.46 bits per heavy atom. The van der Waals surface area contributed by atoms with Gasteiger partial charge in [0.25, 0.3) is 5.91 Å². The fraction of sp³-hybridized carbons (Fsp3) is 0.368. The molecule has 1 aliphatic heterocycles. The number of anilines is 1.